The van der Waals surface area contributed by atoms with Crippen molar-refractivity contribution in [2.75, 3.05) is 13.1 Å². The van der Waals surface area contributed by atoms with Crippen LogP contribution in [0.15, 0.2) is 12.7 Å². The van der Waals surface area contributed by atoms with Crippen molar-refractivity contribution in [3.05, 3.63) is 12.7 Å². The molecule has 0 unspecified atom stereocenters. The lowest BCUT2D eigenvalue weighted by atomic mass is 10.3. The van der Waals surface area contributed by atoms with Crippen molar-refractivity contribution in [1.82, 2.24) is 10.2 Å². The second-order valence-electron chi connectivity index (χ2n) is 3.57. The normalized spacial score (nSPS) is 12.0. The van der Waals surface area contributed by atoms with Crippen LogP contribution in [0.4, 0.5) is 4.79 Å². The molecule has 0 saturated carbocycles. The highest BCUT2D eigenvalue weighted by Crippen LogP contribution is 1.98. The highest BCUT2D eigenvalue weighted by atomic mass is 16.4. The number of urea groups is 1. The highest BCUT2D eigenvalue weighted by molar-refractivity contribution is 5.77. The molecule has 0 aromatic rings. The first-order valence-electron chi connectivity index (χ1n) is 4.96. The van der Waals surface area contributed by atoms with Gasteiger partial charge >= 0.3 is 12.0 Å². The van der Waals surface area contributed by atoms with E-state index in [9.17, 15) is 9.59 Å². The first-order chi connectivity index (χ1) is 7.40. The van der Waals surface area contributed by atoms with E-state index in [0.29, 0.717) is 6.54 Å². The van der Waals surface area contributed by atoms with Crippen LogP contribution in [-0.4, -0.2) is 52.3 Å². The largest absolute Gasteiger partial charge is 0.479 e. The summed E-state index contributed by atoms with van der Waals surface area (Å²) >= 11 is 0. The van der Waals surface area contributed by atoms with E-state index in [2.05, 4.69) is 11.9 Å². The lowest BCUT2D eigenvalue weighted by Crippen LogP contribution is -2.47. The summed E-state index contributed by atoms with van der Waals surface area (Å²) in [6.07, 6.45) is -0.00517. The molecule has 6 heteroatoms. The predicted molar refractivity (Wildman–Crippen MR) is 59.1 cm³/mol. The Labute approximate surface area is 94.6 Å². The molecule has 0 bridgehead atoms. The smallest absolute Gasteiger partial charge is 0.334 e. The van der Waals surface area contributed by atoms with Crippen molar-refractivity contribution >= 4 is 12.0 Å². The molecule has 0 saturated heterocycles. The zero-order chi connectivity index (χ0) is 12.7. The second kappa shape index (κ2) is 6.84. The maximum absolute atomic E-state index is 11.6. The molecule has 2 amide bonds. The van der Waals surface area contributed by atoms with Gasteiger partial charge in [0.1, 0.15) is 0 Å². The number of rotatable bonds is 6. The third kappa shape index (κ3) is 4.79. The van der Waals surface area contributed by atoms with E-state index in [1.165, 1.54) is 4.90 Å². The van der Waals surface area contributed by atoms with E-state index in [0.717, 1.165) is 0 Å². The van der Waals surface area contributed by atoms with Crippen LogP contribution in [0.25, 0.3) is 0 Å². The molecule has 1 atom stereocenters. The third-order valence-corrected chi connectivity index (χ3v) is 1.94. The fourth-order valence-corrected chi connectivity index (χ4v) is 1.04. The van der Waals surface area contributed by atoms with Crippen molar-refractivity contribution in [2.24, 2.45) is 0 Å². The molecule has 0 aliphatic heterocycles. The van der Waals surface area contributed by atoms with Gasteiger partial charge in [-0.1, -0.05) is 6.08 Å². The maximum atomic E-state index is 11.6. The SMILES string of the molecule is C=CCN(C(=O)NC[C@H](O)C(=O)O)C(C)C. The number of nitrogens with one attached hydrogen (secondary N) is 1. The van der Waals surface area contributed by atoms with Crippen LogP contribution >= 0.6 is 0 Å². The second-order valence-corrected chi connectivity index (χ2v) is 3.57. The predicted octanol–water partition coefficient (Wildman–Crippen LogP) is 0.0379. The first kappa shape index (κ1) is 14.4. The van der Waals surface area contributed by atoms with Crippen molar-refractivity contribution in [2.45, 2.75) is 26.0 Å². The zero-order valence-corrected chi connectivity index (χ0v) is 9.51. The number of carboxylic acids is 1. The number of aliphatic hydroxyl groups is 1. The van der Waals surface area contributed by atoms with Crippen LogP contribution in [0, 0.1) is 0 Å². The van der Waals surface area contributed by atoms with Gasteiger partial charge in [0.2, 0.25) is 0 Å². The number of hydrogen-bond donors (Lipinski definition) is 3. The average Bonchev–Trinajstić information content (AvgIpc) is 2.21. The Morgan fingerprint density at radius 1 is 1.50 bits per heavy atom. The number of hydrogen-bond acceptors (Lipinski definition) is 3. The van der Waals surface area contributed by atoms with E-state index in [1.807, 2.05) is 13.8 Å². The van der Waals surface area contributed by atoms with Gasteiger partial charge in [-0.05, 0) is 13.8 Å². The van der Waals surface area contributed by atoms with Crippen LogP contribution in [0.5, 0.6) is 0 Å². The molecular weight excluding hydrogens is 212 g/mol. The number of aliphatic hydroxyl groups excluding tert-OH is 1. The highest BCUT2D eigenvalue weighted by Gasteiger charge is 2.18. The maximum Gasteiger partial charge on any atom is 0.334 e. The third-order valence-electron chi connectivity index (χ3n) is 1.94. The van der Waals surface area contributed by atoms with Crippen LogP contribution in [-0.2, 0) is 4.79 Å². The molecule has 0 heterocycles. The molecule has 0 fully saturated rings. The Morgan fingerprint density at radius 3 is 2.44 bits per heavy atom. The number of aliphatic carboxylic acids is 1. The van der Waals surface area contributed by atoms with Gasteiger partial charge in [-0.2, -0.15) is 0 Å². The molecule has 16 heavy (non-hydrogen) atoms. The Hall–Kier alpha value is -1.56. The Balaban J connectivity index is 4.21. The standard InChI is InChI=1S/C10H18N2O4/c1-4-5-12(7(2)3)10(16)11-6-8(13)9(14)15/h4,7-8,13H,1,5-6H2,2-3H3,(H,11,16)(H,14,15)/t8-/m0/s1. The summed E-state index contributed by atoms with van der Waals surface area (Å²) in [5.41, 5.74) is 0. The molecule has 92 valence electrons. The van der Waals surface area contributed by atoms with Crippen LogP contribution in [0.3, 0.4) is 0 Å². The van der Waals surface area contributed by atoms with Gasteiger partial charge in [-0.25, -0.2) is 9.59 Å². The minimum atomic E-state index is -1.58. The quantitative estimate of drug-likeness (QED) is 0.562. The number of carbonyl (C=O) groups excluding carboxylic acids is 1. The molecule has 0 rings (SSSR count). The van der Waals surface area contributed by atoms with Crippen molar-refractivity contribution in [1.29, 1.82) is 0 Å². The summed E-state index contributed by atoms with van der Waals surface area (Å²) in [7, 11) is 0. The summed E-state index contributed by atoms with van der Waals surface area (Å²) in [5, 5.41) is 19.7. The number of amides is 2. The summed E-state index contributed by atoms with van der Waals surface area (Å²) in [4.78, 5) is 23.3. The van der Waals surface area contributed by atoms with Gasteiger partial charge in [-0.3, -0.25) is 0 Å². The van der Waals surface area contributed by atoms with Gasteiger partial charge in [0, 0.05) is 12.6 Å². The first-order valence-corrected chi connectivity index (χ1v) is 4.96. The summed E-state index contributed by atoms with van der Waals surface area (Å²) in [6, 6.07) is -0.449. The van der Waals surface area contributed by atoms with E-state index in [4.69, 9.17) is 10.2 Å². The molecule has 0 spiro atoms. The lowest BCUT2D eigenvalue weighted by molar-refractivity contribution is -0.146. The molecule has 0 aliphatic rings. The van der Waals surface area contributed by atoms with Gasteiger partial charge < -0.3 is 20.4 Å². The van der Waals surface area contributed by atoms with Crippen LogP contribution in [0.2, 0.25) is 0 Å². The number of nitrogens with zero attached hydrogens (tertiary/aromatic N) is 1. The van der Waals surface area contributed by atoms with Crippen molar-refractivity contribution in [3.63, 3.8) is 0 Å². The lowest BCUT2D eigenvalue weighted by Gasteiger charge is -2.25. The minimum absolute atomic E-state index is 0.0278. The molecule has 0 aliphatic carbocycles. The van der Waals surface area contributed by atoms with Crippen molar-refractivity contribution in [3.8, 4) is 0 Å². The monoisotopic (exact) mass is 230 g/mol. The van der Waals surface area contributed by atoms with Crippen molar-refractivity contribution < 1.29 is 19.8 Å². The van der Waals surface area contributed by atoms with Gasteiger partial charge in [0.15, 0.2) is 6.10 Å². The molecule has 6 nitrogen and oxygen atoms in total. The zero-order valence-electron chi connectivity index (χ0n) is 9.51. The van der Waals surface area contributed by atoms with Crippen LogP contribution in [0.1, 0.15) is 13.8 Å². The number of carbonyl (C=O) groups is 2. The topological polar surface area (TPSA) is 89.9 Å². The number of carboxylic acid groups (broad SMARTS) is 1. The fourth-order valence-electron chi connectivity index (χ4n) is 1.04. The minimum Gasteiger partial charge on any atom is -0.479 e. The van der Waals surface area contributed by atoms with Gasteiger partial charge in [0.05, 0.1) is 6.54 Å². The van der Waals surface area contributed by atoms with E-state index in [1.54, 1.807) is 6.08 Å². The summed E-state index contributed by atoms with van der Waals surface area (Å²) < 4.78 is 0. The molecule has 0 aromatic heterocycles. The van der Waals surface area contributed by atoms with E-state index < -0.39 is 18.1 Å². The van der Waals surface area contributed by atoms with E-state index >= 15 is 0 Å². The Morgan fingerprint density at radius 2 is 2.06 bits per heavy atom. The average molecular weight is 230 g/mol. The Bertz CT molecular complexity index is 266. The van der Waals surface area contributed by atoms with E-state index in [-0.39, 0.29) is 12.6 Å². The molecular formula is C10H18N2O4. The summed E-state index contributed by atoms with van der Waals surface area (Å²) in [6.45, 7) is 7.24. The molecule has 0 aromatic carbocycles. The molecule has 3 N–H and O–H groups in total. The van der Waals surface area contributed by atoms with Gasteiger partial charge in [0.25, 0.3) is 0 Å². The van der Waals surface area contributed by atoms with Crippen LogP contribution < -0.4 is 5.32 Å². The van der Waals surface area contributed by atoms with Gasteiger partial charge in [-0.15, -0.1) is 6.58 Å². The fraction of sp³-hybridized carbons (Fsp3) is 0.600. The summed E-state index contributed by atoms with van der Waals surface area (Å²) in [5.74, 6) is -1.36. The molecule has 0 radical (unpaired) electrons. The Kier molecular flexibility index (Phi) is 6.17.